The van der Waals surface area contributed by atoms with Gasteiger partial charge in [-0.1, -0.05) is 41.6 Å². The molecule has 0 saturated carbocycles. The molecule has 2 rings (SSSR count). The van der Waals surface area contributed by atoms with Crippen molar-refractivity contribution in [3.05, 3.63) is 29.8 Å². The highest BCUT2D eigenvalue weighted by atomic mass is 32.2. The van der Waals surface area contributed by atoms with Gasteiger partial charge in [0.25, 0.3) is 0 Å². The van der Waals surface area contributed by atoms with Crippen molar-refractivity contribution in [3.63, 3.8) is 0 Å². The van der Waals surface area contributed by atoms with E-state index >= 15 is 0 Å². The molecular formula is C15H21N5O2S. The number of rotatable bonds is 7. The van der Waals surface area contributed by atoms with Crippen LogP contribution in [0.3, 0.4) is 0 Å². The summed E-state index contributed by atoms with van der Waals surface area (Å²) in [7, 11) is 1.59. The first kappa shape index (κ1) is 17.3. The van der Waals surface area contributed by atoms with E-state index in [1.54, 1.807) is 14.0 Å². The number of ether oxygens (including phenoxy) is 1. The van der Waals surface area contributed by atoms with Crippen molar-refractivity contribution in [3.8, 4) is 11.4 Å². The summed E-state index contributed by atoms with van der Waals surface area (Å²) in [6.45, 7) is 4.77. The molecule has 124 valence electrons. The van der Waals surface area contributed by atoms with Crippen molar-refractivity contribution < 1.29 is 9.53 Å². The van der Waals surface area contributed by atoms with Gasteiger partial charge in [0.1, 0.15) is 0 Å². The lowest BCUT2D eigenvalue weighted by Crippen LogP contribution is -2.33. The summed E-state index contributed by atoms with van der Waals surface area (Å²) in [5.74, 6) is 6.54. The maximum atomic E-state index is 12.0. The van der Waals surface area contributed by atoms with Gasteiger partial charge in [0.2, 0.25) is 11.1 Å². The number of nitrogen functional groups attached to an aromatic ring is 1. The highest BCUT2D eigenvalue weighted by Crippen LogP contribution is 2.24. The molecule has 0 fully saturated rings. The SMILES string of the molecule is COCCNC(=O)[C@@H](C)Sc1nnc(-c2ccc(C)cc2)n1N. The fourth-order valence-electron chi connectivity index (χ4n) is 1.89. The minimum Gasteiger partial charge on any atom is -0.383 e. The molecule has 0 bridgehead atoms. The van der Waals surface area contributed by atoms with Crippen LogP contribution in [0, 0.1) is 6.92 Å². The van der Waals surface area contributed by atoms with Gasteiger partial charge in [0.15, 0.2) is 5.82 Å². The molecule has 1 aromatic carbocycles. The largest absolute Gasteiger partial charge is 0.383 e. The quantitative estimate of drug-likeness (QED) is 0.449. The molecule has 7 nitrogen and oxygen atoms in total. The highest BCUT2D eigenvalue weighted by Gasteiger charge is 2.19. The van der Waals surface area contributed by atoms with E-state index in [-0.39, 0.29) is 11.2 Å². The van der Waals surface area contributed by atoms with E-state index < -0.39 is 0 Å². The smallest absolute Gasteiger partial charge is 0.233 e. The van der Waals surface area contributed by atoms with E-state index in [0.29, 0.717) is 24.1 Å². The number of methoxy groups -OCH3 is 1. The summed E-state index contributed by atoms with van der Waals surface area (Å²) in [6.07, 6.45) is 0. The van der Waals surface area contributed by atoms with E-state index in [1.807, 2.05) is 31.2 Å². The Morgan fingerprint density at radius 3 is 2.74 bits per heavy atom. The fraction of sp³-hybridized carbons (Fsp3) is 0.400. The summed E-state index contributed by atoms with van der Waals surface area (Å²) in [5, 5.41) is 11.1. The first-order valence-corrected chi connectivity index (χ1v) is 8.11. The molecule has 8 heteroatoms. The molecule has 1 aromatic heterocycles. The van der Waals surface area contributed by atoms with Crippen LogP contribution in [0.5, 0.6) is 0 Å². The van der Waals surface area contributed by atoms with E-state index in [9.17, 15) is 4.79 Å². The Kier molecular flexibility index (Phi) is 6.00. The van der Waals surface area contributed by atoms with Gasteiger partial charge in [-0.25, -0.2) is 4.68 Å². The van der Waals surface area contributed by atoms with Crippen molar-refractivity contribution in [2.24, 2.45) is 0 Å². The summed E-state index contributed by atoms with van der Waals surface area (Å²) in [5.41, 5.74) is 2.04. The van der Waals surface area contributed by atoms with Crippen molar-refractivity contribution in [1.82, 2.24) is 20.2 Å². The Morgan fingerprint density at radius 1 is 1.39 bits per heavy atom. The Bertz CT molecular complexity index is 656. The Balaban J connectivity index is 2.04. The average molecular weight is 335 g/mol. The van der Waals surface area contributed by atoms with Crippen molar-refractivity contribution in [2.75, 3.05) is 26.1 Å². The number of hydrogen-bond acceptors (Lipinski definition) is 6. The standard InChI is InChI=1S/C15H21N5O2S/c1-10-4-6-12(7-5-10)13-18-19-15(20(13)16)23-11(2)14(21)17-8-9-22-3/h4-7,11H,8-9,16H2,1-3H3,(H,17,21)/t11-/m1/s1. The third-order valence-electron chi connectivity index (χ3n) is 3.23. The van der Waals surface area contributed by atoms with Gasteiger partial charge < -0.3 is 15.9 Å². The Labute approximate surface area is 139 Å². The molecule has 0 spiro atoms. The molecule has 0 unspecified atom stereocenters. The zero-order valence-electron chi connectivity index (χ0n) is 13.4. The number of aryl methyl sites for hydroxylation is 1. The van der Waals surface area contributed by atoms with Crippen LogP contribution in [0.25, 0.3) is 11.4 Å². The molecule has 3 N–H and O–H groups in total. The summed E-state index contributed by atoms with van der Waals surface area (Å²) >= 11 is 1.27. The minimum atomic E-state index is -0.329. The first-order valence-electron chi connectivity index (χ1n) is 7.23. The predicted octanol–water partition coefficient (Wildman–Crippen LogP) is 1.21. The average Bonchev–Trinajstić information content (AvgIpc) is 2.89. The number of amides is 1. The Hall–Kier alpha value is -2.06. The van der Waals surface area contributed by atoms with Crippen LogP contribution >= 0.6 is 11.8 Å². The monoisotopic (exact) mass is 335 g/mol. The maximum absolute atomic E-state index is 12.0. The molecule has 0 radical (unpaired) electrons. The number of nitrogens with two attached hydrogens (primary N) is 1. The second-order valence-electron chi connectivity index (χ2n) is 5.09. The van der Waals surface area contributed by atoms with Crippen LogP contribution in [-0.2, 0) is 9.53 Å². The van der Waals surface area contributed by atoms with Crippen LogP contribution in [0.4, 0.5) is 0 Å². The zero-order chi connectivity index (χ0) is 16.8. The molecule has 23 heavy (non-hydrogen) atoms. The topological polar surface area (TPSA) is 95.1 Å². The number of hydrogen-bond donors (Lipinski definition) is 2. The van der Waals surface area contributed by atoms with E-state index in [4.69, 9.17) is 10.6 Å². The summed E-state index contributed by atoms with van der Waals surface area (Å²) in [6, 6.07) is 7.86. The number of nitrogens with one attached hydrogen (secondary N) is 1. The second-order valence-corrected chi connectivity index (χ2v) is 6.39. The number of carbonyl (C=O) groups is 1. The van der Waals surface area contributed by atoms with Gasteiger partial charge in [-0.05, 0) is 13.8 Å². The maximum Gasteiger partial charge on any atom is 0.233 e. The molecule has 0 aliphatic carbocycles. The van der Waals surface area contributed by atoms with Crippen molar-refractivity contribution in [2.45, 2.75) is 24.3 Å². The lowest BCUT2D eigenvalue weighted by molar-refractivity contribution is -0.120. The molecule has 1 heterocycles. The van der Waals surface area contributed by atoms with Crippen LogP contribution in [0.1, 0.15) is 12.5 Å². The van der Waals surface area contributed by atoms with E-state index in [2.05, 4.69) is 15.5 Å². The number of aromatic nitrogens is 3. The van der Waals surface area contributed by atoms with Crippen LogP contribution < -0.4 is 11.2 Å². The summed E-state index contributed by atoms with van der Waals surface area (Å²) in [4.78, 5) is 12.0. The van der Waals surface area contributed by atoms with E-state index in [0.717, 1.165) is 11.1 Å². The molecule has 0 saturated heterocycles. The summed E-state index contributed by atoms with van der Waals surface area (Å²) < 4.78 is 6.31. The molecule has 1 atom stereocenters. The van der Waals surface area contributed by atoms with Crippen LogP contribution in [0.15, 0.2) is 29.4 Å². The highest BCUT2D eigenvalue weighted by molar-refractivity contribution is 8.00. The van der Waals surface area contributed by atoms with Gasteiger partial charge >= 0.3 is 0 Å². The third-order valence-corrected chi connectivity index (χ3v) is 4.29. The zero-order valence-corrected chi connectivity index (χ0v) is 14.3. The normalized spacial score (nSPS) is 12.1. The van der Waals surface area contributed by atoms with Gasteiger partial charge in [-0.3, -0.25) is 4.79 Å². The number of nitrogens with zero attached hydrogens (tertiary/aromatic N) is 3. The Morgan fingerprint density at radius 2 is 2.09 bits per heavy atom. The van der Waals surface area contributed by atoms with Crippen LogP contribution in [-0.4, -0.2) is 46.3 Å². The van der Waals surface area contributed by atoms with Gasteiger partial charge in [-0.2, -0.15) is 0 Å². The molecule has 0 aliphatic heterocycles. The van der Waals surface area contributed by atoms with Gasteiger partial charge in [0.05, 0.1) is 11.9 Å². The fourth-order valence-corrected chi connectivity index (χ4v) is 2.68. The number of carbonyl (C=O) groups excluding carboxylic acids is 1. The van der Waals surface area contributed by atoms with Crippen LogP contribution in [0.2, 0.25) is 0 Å². The van der Waals surface area contributed by atoms with E-state index in [1.165, 1.54) is 16.4 Å². The predicted molar refractivity (Wildman–Crippen MR) is 90.6 cm³/mol. The lowest BCUT2D eigenvalue weighted by Gasteiger charge is -2.11. The van der Waals surface area contributed by atoms with Crippen molar-refractivity contribution in [1.29, 1.82) is 0 Å². The van der Waals surface area contributed by atoms with Crippen molar-refractivity contribution >= 4 is 17.7 Å². The minimum absolute atomic E-state index is 0.0908. The lowest BCUT2D eigenvalue weighted by atomic mass is 10.1. The number of thioether (sulfide) groups is 1. The molecular weight excluding hydrogens is 314 g/mol. The molecule has 2 aromatic rings. The first-order chi connectivity index (χ1) is 11.0. The number of benzene rings is 1. The van der Waals surface area contributed by atoms with Gasteiger partial charge in [-0.15, -0.1) is 10.2 Å². The second kappa shape index (κ2) is 7.98. The van der Waals surface area contributed by atoms with Gasteiger partial charge in [0, 0.05) is 19.2 Å². The molecule has 0 aliphatic rings. The molecule has 1 amide bonds. The third kappa shape index (κ3) is 4.46.